The average Bonchev–Trinajstić information content (AvgIpc) is 3.12. The largest absolute Gasteiger partial charge is 0.497 e. The number of aliphatic imine (C=N–C) groups is 1. The second-order valence-electron chi connectivity index (χ2n) is 8.35. The summed E-state index contributed by atoms with van der Waals surface area (Å²) >= 11 is 0. The molecule has 0 saturated carbocycles. The number of nitrogens with one attached hydrogen (secondary N) is 2. The number of fused-ring (bicyclic) bond motifs is 1. The number of carbonyl (C=O) groups excluding carboxylic acids is 2. The van der Waals surface area contributed by atoms with Crippen molar-refractivity contribution in [2.24, 2.45) is 4.99 Å². The zero-order chi connectivity index (χ0) is 21.7. The Balaban J connectivity index is 1.41. The Morgan fingerprint density at radius 3 is 2.77 bits per heavy atom. The normalized spacial score (nSPS) is 18.4. The zero-order valence-electron chi connectivity index (χ0n) is 18.1. The van der Waals surface area contributed by atoms with Crippen LogP contribution in [0.4, 0.5) is 4.79 Å². The van der Waals surface area contributed by atoms with Crippen molar-refractivity contribution in [1.82, 2.24) is 20.4 Å². The van der Waals surface area contributed by atoms with E-state index >= 15 is 0 Å². The topological polar surface area (TPSA) is 95.5 Å². The van der Waals surface area contributed by atoms with Crippen LogP contribution in [0.1, 0.15) is 31.1 Å². The van der Waals surface area contributed by atoms with Gasteiger partial charge in [0.25, 0.3) is 5.91 Å². The Morgan fingerprint density at radius 2 is 2.03 bits per heavy atom. The summed E-state index contributed by atoms with van der Waals surface area (Å²) in [6.45, 7) is 9.17. The molecule has 9 heteroatoms. The lowest BCUT2D eigenvalue weighted by molar-refractivity contribution is 0.0137. The van der Waals surface area contributed by atoms with Gasteiger partial charge in [-0.05, 0) is 39.0 Å². The average molecular weight is 418 g/mol. The minimum atomic E-state index is -0.498. The molecule has 0 aliphatic carbocycles. The molecule has 1 fully saturated rings. The maximum absolute atomic E-state index is 12.3. The van der Waals surface area contributed by atoms with E-state index < -0.39 is 5.60 Å². The molecule has 0 spiro atoms. The molecule has 30 heavy (non-hydrogen) atoms. The van der Waals surface area contributed by atoms with Crippen molar-refractivity contribution in [2.45, 2.75) is 32.4 Å². The summed E-state index contributed by atoms with van der Waals surface area (Å²) in [4.78, 5) is 33.1. The lowest BCUT2D eigenvalue weighted by atomic mass is 10.2. The molecule has 9 nitrogen and oxygen atoms in total. The van der Waals surface area contributed by atoms with Crippen LogP contribution in [-0.2, 0) is 4.74 Å². The van der Waals surface area contributed by atoms with E-state index in [-0.39, 0.29) is 18.0 Å². The maximum Gasteiger partial charge on any atom is 0.410 e. The number of methoxy groups -OCH3 is 1. The third-order valence-corrected chi connectivity index (χ3v) is 4.88. The highest BCUT2D eigenvalue weighted by molar-refractivity contribution is 5.94. The van der Waals surface area contributed by atoms with Gasteiger partial charge in [0.15, 0.2) is 5.96 Å². The van der Waals surface area contributed by atoms with E-state index in [9.17, 15) is 9.59 Å². The first-order valence-corrected chi connectivity index (χ1v) is 10.2. The Bertz CT molecular complexity index is 805. The fourth-order valence-electron chi connectivity index (χ4n) is 3.44. The van der Waals surface area contributed by atoms with Crippen LogP contribution < -0.4 is 15.4 Å². The Morgan fingerprint density at radius 1 is 1.23 bits per heavy atom. The molecule has 1 aromatic carbocycles. The number of amides is 2. The number of guanidine groups is 1. The van der Waals surface area contributed by atoms with Gasteiger partial charge < -0.3 is 29.9 Å². The fourth-order valence-corrected chi connectivity index (χ4v) is 3.44. The molecular weight excluding hydrogens is 386 g/mol. The van der Waals surface area contributed by atoms with Crippen molar-refractivity contribution in [3.63, 3.8) is 0 Å². The van der Waals surface area contributed by atoms with Gasteiger partial charge >= 0.3 is 6.09 Å². The first kappa shape index (κ1) is 21.7. The summed E-state index contributed by atoms with van der Waals surface area (Å²) in [6, 6.07) is 7.20. The van der Waals surface area contributed by atoms with E-state index in [1.807, 2.05) is 20.8 Å². The number of piperazine rings is 1. The zero-order valence-corrected chi connectivity index (χ0v) is 18.1. The van der Waals surface area contributed by atoms with Gasteiger partial charge in [-0.15, -0.1) is 0 Å². The molecule has 1 aromatic rings. The summed E-state index contributed by atoms with van der Waals surface area (Å²) in [6.07, 6.45) is -0.274. The van der Waals surface area contributed by atoms with Crippen LogP contribution in [0.3, 0.4) is 0 Å². The van der Waals surface area contributed by atoms with Crippen LogP contribution in [0.2, 0.25) is 0 Å². The second-order valence-corrected chi connectivity index (χ2v) is 8.35. The van der Waals surface area contributed by atoms with E-state index in [0.29, 0.717) is 50.6 Å². The number of hydrogen-bond donors (Lipinski definition) is 2. The third kappa shape index (κ3) is 5.55. The van der Waals surface area contributed by atoms with E-state index in [0.717, 1.165) is 5.96 Å². The Labute approximate surface area is 177 Å². The van der Waals surface area contributed by atoms with Gasteiger partial charge in [-0.3, -0.25) is 9.79 Å². The molecule has 2 aliphatic rings. The standard InChI is InChI=1S/C21H31N5O4/c1-21(2,3)30-20(28)25-10-11-26-16(14-25)13-24-19(26)23-9-8-22-18(27)15-6-5-7-17(12-15)29-4/h5-7,12,16H,8-11,13-14H2,1-4H3,(H,22,27)(H,23,24). The summed E-state index contributed by atoms with van der Waals surface area (Å²) in [5.74, 6) is 1.32. The summed E-state index contributed by atoms with van der Waals surface area (Å²) in [5.41, 5.74) is 0.0634. The number of nitrogens with zero attached hydrogens (tertiary/aromatic N) is 3. The van der Waals surface area contributed by atoms with Crippen LogP contribution >= 0.6 is 0 Å². The van der Waals surface area contributed by atoms with E-state index in [1.54, 1.807) is 36.3 Å². The van der Waals surface area contributed by atoms with Crippen molar-refractivity contribution < 1.29 is 19.1 Å². The van der Waals surface area contributed by atoms with Gasteiger partial charge in [-0.1, -0.05) is 6.07 Å². The minimum absolute atomic E-state index is 0.145. The Kier molecular flexibility index (Phi) is 6.69. The monoisotopic (exact) mass is 417 g/mol. The molecule has 1 saturated heterocycles. The van der Waals surface area contributed by atoms with Crippen LogP contribution in [-0.4, -0.2) is 85.8 Å². The molecule has 1 unspecified atom stereocenters. The highest BCUT2D eigenvalue weighted by atomic mass is 16.6. The molecule has 2 N–H and O–H groups in total. The van der Waals surface area contributed by atoms with Gasteiger partial charge in [0.1, 0.15) is 11.4 Å². The third-order valence-electron chi connectivity index (χ3n) is 4.88. The first-order chi connectivity index (χ1) is 14.3. The minimum Gasteiger partial charge on any atom is -0.497 e. The number of rotatable bonds is 5. The van der Waals surface area contributed by atoms with Gasteiger partial charge in [0.2, 0.25) is 0 Å². The van der Waals surface area contributed by atoms with Gasteiger partial charge in [0.05, 0.1) is 19.7 Å². The number of hydrogen-bond acceptors (Lipinski definition) is 7. The summed E-state index contributed by atoms with van der Waals surface area (Å²) in [7, 11) is 1.57. The number of carbonyl (C=O) groups is 2. The molecule has 2 amide bonds. The second kappa shape index (κ2) is 9.23. The fraction of sp³-hybridized carbons (Fsp3) is 0.571. The molecule has 0 aromatic heterocycles. The maximum atomic E-state index is 12.3. The molecular formula is C21H31N5O4. The summed E-state index contributed by atoms with van der Waals surface area (Å²) < 4.78 is 10.6. The van der Waals surface area contributed by atoms with Crippen LogP contribution in [0.5, 0.6) is 5.75 Å². The van der Waals surface area contributed by atoms with E-state index in [1.165, 1.54) is 0 Å². The molecule has 0 radical (unpaired) electrons. The number of ether oxygens (including phenoxy) is 2. The van der Waals surface area contributed by atoms with E-state index in [4.69, 9.17) is 9.47 Å². The Hall–Kier alpha value is -2.97. The van der Waals surface area contributed by atoms with Crippen molar-refractivity contribution in [2.75, 3.05) is 46.4 Å². The highest BCUT2D eigenvalue weighted by Gasteiger charge is 2.36. The molecule has 3 rings (SSSR count). The van der Waals surface area contributed by atoms with Crippen LogP contribution in [0, 0.1) is 0 Å². The summed E-state index contributed by atoms with van der Waals surface area (Å²) in [5, 5.41) is 6.18. The predicted molar refractivity (Wildman–Crippen MR) is 114 cm³/mol. The van der Waals surface area contributed by atoms with Gasteiger partial charge in [0, 0.05) is 38.3 Å². The lowest BCUT2D eigenvalue weighted by Gasteiger charge is -2.39. The van der Waals surface area contributed by atoms with Gasteiger partial charge in [-0.25, -0.2) is 4.79 Å². The molecule has 0 bridgehead atoms. The highest BCUT2D eigenvalue weighted by Crippen LogP contribution is 2.18. The molecule has 2 aliphatic heterocycles. The van der Waals surface area contributed by atoms with Crippen molar-refractivity contribution in [3.8, 4) is 5.75 Å². The van der Waals surface area contributed by atoms with Crippen molar-refractivity contribution in [1.29, 1.82) is 0 Å². The smallest absolute Gasteiger partial charge is 0.410 e. The van der Waals surface area contributed by atoms with Crippen LogP contribution in [0.15, 0.2) is 29.3 Å². The first-order valence-electron chi connectivity index (χ1n) is 10.2. The van der Waals surface area contributed by atoms with Crippen molar-refractivity contribution >= 4 is 18.0 Å². The quantitative estimate of drug-likeness (QED) is 0.702. The molecule has 1 atom stereocenters. The lowest BCUT2D eigenvalue weighted by Crippen LogP contribution is -2.57. The van der Waals surface area contributed by atoms with Gasteiger partial charge in [-0.2, -0.15) is 0 Å². The molecule has 2 heterocycles. The molecule has 164 valence electrons. The number of benzene rings is 1. The van der Waals surface area contributed by atoms with Crippen molar-refractivity contribution in [3.05, 3.63) is 29.8 Å². The SMILES string of the molecule is COc1cccc(C(=O)NCCNC2=NCC3CN(C(=O)OC(C)(C)C)CCN23)c1. The predicted octanol–water partition coefficient (Wildman–Crippen LogP) is 1.31. The van der Waals surface area contributed by atoms with E-state index in [2.05, 4.69) is 20.5 Å². The van der Waals surface area contributed by atoms with Crippen LogP contribution in [0.25, 0.3) is 0 Å².